The summed E-state index contributed by atoms with van der Waals surface area (Å²) in [6.07, 6.45) is 4.80. The fourth-order valence-electron chi connectivity index (χ4n) is 1.19. The zero-order valence-electron chi connectivity index (χ0n) is 8.16. The first-order chi connectivity index (χ1) is 6.45. The summed E-state index contributed by atoms with van der Waals surface area (Å²) in [5.74, 6) is -3.65. The van der Waals surface area contributed by atoms with E-state index in [1.807, 2.05) is 0 Å². The van der Waals surface area contributed by atoms with Gasteiger partial charge in [-0.3, -0.25) is 0 Å². The van der Waals surface area contributed by atoms with Gasteiger partial charge in [-0.05, 0) is 12.8 Å². The van der Waals surface area contributed by atoms with Gasteiger partial charge in [-0.25, -0.2) is 9.59 Å². The monoisotopic (exact) mass is 399 g/mol. The van der Waals surface area contributed by atoms with Crippen molar-refractivity contribution in [2.24, 2.45) is 11.5 Å². The maximum atomic E-state index is 9.10. The topological polar surface area (TPSA) is 127 Å². The Bertz CT molecular complexity index is 191. The second kappa shape index (κ2) is 8.82. The molecule has 2 atom stereocenters. The van der Waals surface area contributed by atoms with Crippen molar-refractivity contribution in [3.63, 3.8) is 0 Å². The van der Waals surface area contributed by atoms with Crippen LogP contribution in [0.5, 0.6) is 0 Å². The average molecular weight is 399 g/mol. The molecule has 6 nitrogen and oxygen atoms in total. The zero-order chi connectivity index (χ0) is 11.1. The molecule has 6 N–H and O–H groups in total. The van der Waals surface area contributed by atoms with Gasteiger partial charge in [-0.15, -0.1) is 0 Å². The van der Waals surface area contributed by atoms with Crippen molar-refractivity contribution in [3.05, 3.63) is 0 Å². The Morgan fingerprint density at radius 2 is 1.20 bits per heavy atom. The van der Waals surface area contributed by atoms with E-state index in [4.69, 9.17) is 31.3 Å². The Kier molecular flexibility index (Phi) is 9.98. The fourth-order valence-corrected chi connectivity index (χ4v) is 1.19. The van der Waals surface area contributed by atoms with Crippen LogP contribution in [0.2, 0.25) is 0 Å². The molecule has 0 saturated heterocycles. The minimum atomic E-state index is -1.82. The molecule has 1 aliphatic carbocycles. The summed E-state index contributed by atoms with van der Waals surface area (Å²) < 4.78 is 0. The van der Waals surface area contributed by atoms with Gasteiger partial charge in [0.05, 0.1) is 0 Å². The van der Waals surface area contributed by atoms with Crippen LogP contribution in [0.25, 0.3) is 0 Å². The molecule has 1 aliphatic rings. The molecule has 7 heteroatoms. The van der Waals surface area contributed by atoms with E-state index in [0.29, 0.717) is 0 Å². The van der Waals surface area contributed by atoms with Crippen molar-refractivity contribution < 1.29 is 40.9 Å². The Hall–Kier alpha value is -0.452. The predicted octanol–water partition coefficient (Wildman–Crippen LogP) is -0.632. The summed E-state index contributed by atoms with van der Waals surface area (Å²) in [4.78, 5) is 18.2. The summed E-state index contributed by atoms with van der Waals surface area (Å²) in [6.45, 7) is 0. The molecule has 0 aromatic carbocycles. The van der Waals surface area contributed by atoms with E-state index >= 15 is 0 Å². The third kappa shape index (κ3) is 8.54. The van der Waals surface area contributed by atoms with Crippen LogP contribution in [0.15, 0.2) is 0 Å². The molecule has 0 bridgehead atoms. The number of carbonyl (C=O) groups is 2. The quantitative estimate of drug-likeness (QED) is 0.402. The summed E-state index contributed by atoms with van der Waals surface area (Å²) in [5.41, 5.74) is 11.3. The van der Waals surface area contributed by atoms with Gasteiger partial charge in [0, 0.05) is 12.1 Å². The first-order valence-electron chi connectivity index (χ1n) is 4.42. The average Bonchev–Trinajstić information content (AvgIpc) is 2.11. The largest absolute Gasteiger partial charge is 2.00 e. The number of aliphatic carboxylic acids is 2. The van der Waals surface area contributed by atoms with Crippen molar-refractivity contribution >= 4 is 11.9 Å². The summed E-state index contributed by atoms with van der Waals surface area (Å²) in [5, 5.41) is 14.8. The van der Waals surface area contributed by atoms with E-state index in [0.717, 1.165) is 12.8 Å². The molecule has 1 saturated carbocycles. The Balaban J connectivity index is 0. The molecule has 0 aromatic heterocycles. The molecule has 0 radical (unpaired) electrons. The van der Waals surface area contributed by atoms with Crippen LogP contribution >= 0.6 is 0 Å². The summed E-state index contributed by atoms with van der Waals surface area (Å²) >= 11 is 0. The predicted molar refractivity (Wildman–Crippen MR) is 49.7 cm³/mol. The fraction of sp³-hybridized carbons (Fsp3) is 0.750. The van der Waals surface area contributed by atoms with E-state index in [1.54, 1.807) is 0 Å². The minimum absolute atomic E-state index is 0. The van der Waals surface area contributed by atoms with E-state index in [-0.39, 0.29) is 33.1 Å². The van der Waals surface area contributed by atoms with Gasteiger partial charge in [-0.1, -0.05) is 12.8 Å². The Labute approximate surface area is 102 Å². The SMILES string of the molecule is NC1CCCC[C@H]1N.O=C(O)C(=O)O.[Pt+2]. The van der Waals surface area contributed by atoms with Gasteiger partial charge in [0.15, 0.2) is 0 Å². The summed E-state index contributed by atoms with van der Waals surface area (Å²) in [7, 11) is 0. The minimum Gasteiger partial charge on any atom is -0.473 e. The number of hydrogen-bond donors (Lipinski definition) is 4. The standard InChI is InChI=1S/C6H14N2.C2H2O4.Pt/c7-5-3-1-2-4-6(5)8;3-1(4)2(5)6;/h5-6H,1-4,7-8H2;(H,3,4)(H,5,6);/q;;+2/t5-,6?;;/m1../s1. The van der Waals surface area contributed by atoms with Crippen LogP contribution in [0.1, 0.15) is 25.7 Å². The second-order valence-electron chi connectivity index (χ2n) is 3.22. The van der Waals surface area contributed by atoms with Crippen molar-refractivity contribution in [2.75, 3.05) is 0 Å². The molecule has 0 aromatic rings. The molecule has 0 heterocycles. The van der Waals surface area contributed by atoms with Crippen LogP contribution in [0.4, 0.5) is 0 Å². The van der Waals surface area contributed by atoms with Gasteiger partial charge >= 0.3 is 33.0 Å². The normalized spacial score (nSPS) is 24.1. The van der Waals surface area contributed by atoms with Crippen LogP contribution in [-0.4, -0.2) is 34.2 Å². The van der Waals surface area contributed by atoms with Gasteiger partial charge in [0.2, 0.25) is 0 Å². The number of rotatable bonds is 0. The summed E-state index contributed by atoms with van der Waals surface area (Å²) in [6, 6.07) is 0.562. The number of carboxylic acid groups (broad SMARTS) is 2. The first-order valence-corrected chi connectivity index (χ1v) is 4.42. The third-order valence-corrected chi connectivity index (χ3v) is 2.06. The molecule has 0 spiro atoms. The van der Waals surface area contributed by atoms with Gasteiger partial charge < -0.3 is 21.7 Å². The van der Waals surface area contributed by atoms with E-state index in [2.05, 4.69) is 0 Å². The number of nitrogens with two attached hydrogens (primary N) is 2. The van der Waals surface area contributed by atoms with Crippen LogP contribution < -0.4 is 11.5 Å². The van der Waals surface area contributed by atoms with E-state index < -0.39 is 11.9 Å². The molecule has 1 unspecified atom stereocenters. The van der Waals surface area contributed by atoms with E-state index in [1.165, 1.54) is 12.8 Å². The second-order valence-corrected chi connectivity index (χ2v) is 3.22. The van der Waals surface area contributed by atoms with Crippen molar-refractivity contribution in [1.29, 1.82) is 0 Å². The molecule has 15 heavy (non-hydrogen) atoms. The molecule has 1 rings (SSSR count). The van der Waals surface area contributed by atoms with E-state index in [9.17, 15) is 0 Å². The third-order valence-electron chi connectivity index (χ3n) is 2.06. The molecular formula is C8H16N2O4Pt+2. The maximum Gasteiger partial charge on any atom is 2.00 e. The molecule has 0 aliphatic heterocycles. The van der Waals surface area contributed by atoms with Crippen LogP contribution in [0, 0.1) is 0 Å². The van der Waals surface area contributed by atoms with Gasteiger partial charge in [0.25, 0.3) is 0 Å². The van der Waals surface area contributed by atoms with Gasteiger partial charge in [0.1, 0.15) is 0 Å². The number of hydrogen-bond acceptors (Lipinski definition) is 4. The molecular weight excluding hydrogens is 383 g/mol. The van der Waals surface area contributed by atoms with Crippen LogP contribution in [-0.2, 0) is 30.7 Å². The Morgan fingerprint density at radius 1 is 0.933 bits per heavy atom. The smallest absolute Gasteiger partial charge is 0.473 e. The molecule has 0 amide bonds. The Morgan fingerprint density at radius 3 is 1.33 bits per heavy atom. The molecule has 1 fully saturated rings. The van der Waals surface area contributed by atoms with Gasteiger partial charge in [-0.2, -0.15) is 0 Å². The van der Waals surface area contributed by atoms with Crippen molar-refractivity contribution in [1.82, 2.24) is 0 Å². The maximum absolute atomic E-state index is 9.10. The molecule has 90 valence electrons. The van der Waals surface area contributed by atoms with Crippen LogP contribution in [0.3, 0.4) is 0 Å². The number of carboxylic acids is 2. The van der Waals surface area contributed by atoms with Crippen molar-refractivity contribution in [2.45, 2.75) is 37.8 Å². The van der Waals surface area contributed by atoms with Crippen molar-refractivity contribution in [3.8, 4) is 0 Å². The zero-order valence-corrected chi connectivity index (χ0v) is 10.4. The first kappa shape index (κ1) is 17.0.